The zero-order chi connectivity index (χ0) is 11.7. The van der Waals surface area contributed by atoms with E-state index in [0.29, 0.717) is 5.15 Å². The zero-order valence-corrected chi connectivity index (χ0v) is 10.5. The minimum Gasteiger partial charge on any atom is -0.371 e. The fourth-order valence-electron chi connectivity index (χ4n) is 1.78. The number of aromatic nitrogens is 3. The highest BCUT2D eigenvalue weighted by molar-refractivity contribution is 7.10. The van der Waals surface area contributed by atoms with Crippen LogP contribution in [0, 0.1) is 0 Å². The molecular weight excluding hydrogens is 258 g/mol. The van der Waals surface area contributed by atoms with E-state index in [1.54, 1.807) is 17.4 Å². The molecule has 1 aliphatic rings. The molecular formula is C11H10ClN3OS. The molecule has 2 aromatic heterocycles. The number of hydrogen-bond acceptors (Lipinski definition) is 5. The van der Waals surface area contributed by atoms with Gasteiger partial charge in [-0.2, -0.15) is 0 Å². The molecule has 0 aromatic carbocycles. The highest BCUT2D eigenvalue weighted by atomic mass is 35.5. The van der Waals surface area contributed by atoms with Gasteiger partial charge in [-0.1, -0.05) is 11.6 Å². The summed E-state index contributed by atoms with van der Waals surface area (Å²) in [4.78, 5) is 4.54. The summed E-state index contributed by atoms with van der Waals surface area (Å²) >= 11 is 7.31. The third kappa shape index (κ3) is 2.31. The Morgan fingerprint density at radius 3 is 2.94 bits per heavy atom. The lowest BCUT2D eigenvalue weighted by molar-refractivity contribution is 0.112. The highest BCUT2D eigenvalue weighted by Gasteiger charge is 2.21. The maximum atomic E-state index is 5.70. The maximum Gasteiger partial charge on any atom is 0.151 e. The van der Waals surface area contributed by atoms with Crippen molar-refractivity contribution in [3.8, 4) is 11.4 Å². The molecule has 6 heteroatoms. The van der Waals surface area contributed by atoms with Crippen LogP contribution in [0.5, 0.6) is 0 Å². The van der Waals surface area contributed by atoms with E-state index in [9.17, 15) is 0 Å². The van der Waals surface area contributed by atoms with Crippen molar-refractivity contribution in [1.29, 1.82) is 0 Å². The molecule has 0 bridgehead atoms. The van der Waals surface area contributed by atoms with Gasteiger partial charge in [0.25, 0.3) is 0 Å². The first-order valence-electron chi connectivity index (χ1n) is 5.39. The molecule has 17 heavy (non-hydrogen) atoms. The van der Waals surface area contributed by atoms with Crippen LogP contribution in [-0.2, 0) is 4.74 Å². The first-order valence-corrected chi connectivity index (χ1v) is 6.65. The van der Waals surface area contributed by atoms with E-state index in [1.807, 2.05) is 11.4 Å². The Bertz CT molecular complexity index is 508. The molecule has 3 rings (SSSR count). The number of rotatable bonds is 2. The predicted molar refractivity (Wildman–Crippen MR) is 66.1 cm³/mol. The quantitative estimate of drug-likeness (QED) is 0.839. The molecule has 0 radical (unpaired) electrons. The molecule has 0 spiro atoms. The van der Waals surface area contributed by atoms with Gasteiger partial charge in [-0.3, -0.25) is 0 Å². The monoisotopic (exact) mass is 267 g/mol. The highest BCUT2D eigenvalue weighted by Crippen LogP contribution is 2.32. The topological polar surface area (TPSA) is 47.9 Å². The lowest BCUT2D eigenvalue weighted by atomic mass is 10.2. The summed E-state index contributed by atoms with van der Waals surface area (Å²) in [6.45, 7) is 0.834. The van der Waals surface area contributed by atoms with E-state index in [-0.39, 0.29) is 6.10 Å². The van der Waals surface area contributed by atoms with Crippen LogP contribution in [0.3, 0.4) is 0 Å². The minimum absolute atomic E-state index is 0.161. The molecule has 0 amide bonds. The van der Waals surface area contributed by atoms with Crippen molar-refractivity contribution in [2.45, 2.75) is 18.9 Å². The van der Waals surface area contributed by atoms with Gasteiger partial charge in [0.2, 0.25) is 0 Å². The second-order valence-electron chi connectivity index (χ2n) is 3.81. The van der Waals surface area contributed by atoms with E-state index in [1.165, 1.54) is 0 Å². The average molecular weight is 268 g/mol. The van der Waals surface area contributed by atoms with Crippen molar-refractivity contribution in [2.24, 2.45) is 0 Å². The Kier molecular flexibility index (Phi) is 3.05. The van der Waals surface area contributed by atoms with Gasteiger partial charge in [-0.05, 0) is 25.0 Å². The third-order valence-electron chi connectivity index (χ3n) is 2.62. The Balaban J connectivity index is 1.86. The number of halogens is 1. The Morgan fingerprint density at radius 1 is 1.29 bits per heavy atom. The standard InChI is InChI=1S/C11H10ClN3OS/c12-10-4-3-7(14-15-10)8-6-17-11(13-8)9-2-1-5-16-9/h3-4,6,9H,1-2,5H2/t9-/m0/s1. The van der Waals surface area contributed by atoms with Gasteiger partial charge in [0.15, 0.2) is 5.15 Å². The van der Waals surface area contributed by atoms with Gasteiger partial charge < -0.3 is 4.74 Å². The van der Waals surface area contributed by atoms with Crippen LogP contribution in [-0.4, -0.2) is 21.8 Å². The number of ether oxygens (including phenoxy) is 1. The van der Waals surface area contributed by atoms with Crippen LogP contribution in [0.2, 0.25) is 5.15 Å². The van der Waals surface area contributed by atoms with Gasteiger partial charge in [0.05, 0.1) is 0 Å². The van der Waals surface area contributed by atoms with Crippen LogP contribution in [0.25, 0.3) is 11.4 Å². The second-order valence-corrected chi connectivity index (χ2v) is 5.09. The Labute approximate surface area is 108 Å². The van der Waals surface area contributed by atoms with E-state index in [0.717, 1.165) is 35.8 Å². The second kappa shape index (κ2) is 4.68. The first-order chi connectivity index (χ1) is 8.33. The van der Waals surface area contributed by atoms with Crippen molar-refractivity contribution >= 4 is 22.9 Å². The van der Waals surface area contributed by atoms with E-state index in [2.05, 4.69) is 15.2 Å². The lowest BCUT2D eigenvalue weighted by Gasteiger charge is -2.03. The van der Waals surface area contributed by atoms with Gasteiger partial charge in [0.1, 0.15) is 22.5 Å². The van der Waals surface area contributed by atoms with Crippen LogP contribution < -0.4 is 0 Å². The molecule has 1 saturated heterocycles. The molecule has 88 valence electrons. The zero-order valence-electron chi connectivity index (χ0n) is 8.97. The summed E-state index contributed by atoms with van der Waals surface area (Å²) in [6.07, 6.45) is 2.33. The van der Waals surface area contributed by atoms with E-state index in [4.69, 9.17) is 16.3 Å². The normalized spacial score (nSPS) is 19.7. The molecule has 1 fully saturated rings. The van der Waals surface area contributed by atoms with E-state index >= 15 is 0 Å². The summed E-state index contributed by atoms with van der Waals surface area (Å²) < 4.78 is 5.60. The molecule has 2 aromatic rings. The minimum atomic E-state index is 0.161. The third-order valence-corrected chi connectivity index (χ3v) is 3.76. The molecule has 0 aliphatic carbocycles. The van der Waals surface area contributed by atoms with Crippen molar-refractivity contribution in [3.63, 3.8) is 0 Å². The summed E-state index contributed by atoms with van der Waals surface area (Å²) in [6, 6.07) is 3.54. The number of hydrogen-bond donors (Lipinski definition) is 0. The van der Waals surface area contributed by atoms with Crippen LogP contribution in [0.1, 0.15) is 24.0 Å². The molecule has 1 atom stereocenters. The van der Waals surface area contributed by atoms with Gasteiger partial charge in [-0.25, -0.2) is 4.98 Å². The summed E-state index contributed by atoms with van der Waals surface area (Å²) in [5.41, 5.74) is 1.58. The first kappa shape index (κ1) is 11.1. The Morgan fingerprint density at radius 2 is 2.24 bits per heavy atom. The van der Waals surface area contributed by atoms with Gasteiger partial charge >= 0.3 is 0 Å². The van der Waals surface area contributed by atoms with Crippen molar-refractivity contribution in [1.82, 2.24) is 15.2 Å². The summed E-state index contributed by atoms with van der Waals surface area (Å²) in [5.74, 6) is 0. The lowest BCUT2D eigenvalue weighted by Crippen LogP contribution is -1.95. The number of nitrogens with zero attached hydrogens (tertiary/aromatic N) is 3. The molecule has 1 aliphatic heterocycles. The van der Waals surface area contributed by atoms with Crippen molar-refractivity contribution in [3.05, 3.63) is 27.7 Å². The number of thiazole rings is 1. The van der Waals surface area contributed by atoms with Crippen LogP contribution >= 0.6 is 22.9 Å². The van der Waals surface area contributed by atoms with Crippen molar-refractivity contribution < 1.29 is 4.74 Å². The van der Waals surface area contributed by atoms with Crippen LogP contribution in [0.4, 0.5) is 0 Å². The largest absolute Gasteiger partial charge is 0.371 e. The Hall–Kier alpha value is -1.04. The van der Waals surface area contributed by atoms with Crippen LogP contribution in [0.15, 0.2) is 17.5 Å². The molecule has 0 saturated carbocycles. The molecule has 0 unspecified atom stereocenters. The van der Waals surface area contributed by atoms with Gasteiger partial charge in [0, 0.05) is 12.0 Å². The fraction of sp³-hybridized carbons (Fsp3) is 0.364. The predicted octanol–water partition coefficient (Wildman–Crippen LogP) is 3.11. The van der Waals surface area contributed by atoms with Crippen molar-refractivity contribution in [2.75, 3.05) is 6.61 Å². The van der Waals surface area contributed by atoms with E-state index < -0.39 is 0 Å². The molecule has 0 N–H and O–H groups in total. The molecule has 4 nitrogen and oxygen atoms in total. The average Bonchev–Trinajstić information content (AvgIpc) is 3.00. The molecule has 3 heterocycles. The summed E-state index contributed by atoms with van der Waals surface area (Å²) in [7, 11) is 0. The van der Waals surface area contributed by atoms with Gasteiger partial charge in [-0.15, -0.1) is 21.5 Å². The summed E-state index contributed by atoms with van der Waals surface area (Å²) in [5, 5.41) is 11.2. The smallest absolute Gasteiger partial charge is 0.151 e. The SMILES string of the molecule is Clc1ccc(-c2csc([C@@H]3CCCO3)n2)nn1. The fourth-order valence-corrected chi connectivity index (χ4v) is 2.77. The maximum absolute atomic E-state index is 5.70.